The maximum absolute atomic E-state index is 12.6. The van der Waals surface area contributed by atoms with Crippen molar-refractivity contribution in [2.75, 3.05) is 26.1 Å². The van der Waals surface area contributed by atoms with Crippen LogP contribution in [-0.2, 0) is 24.5 Å². The van der Waals surface area contributed by atoms with E-state index in [1.807, 2.05) is 6.07 Å². The number of anilines is 1. The van der Waals surface area contributed by atoms with Crippen LogP contribution in [0.3, 0.4) is 0 Å². The summed E-state index contributed by atoms with van der Waals surface area (Å²) in [6, 6.07) is 8.27. The predicted molar refractivity (Wildman–Crippen MR) is 94.4 cm³/mol. The normalized spacial score (nSPS) is 34.0. The van der Waals surface area contributed by atoms with Crippen molar-refractivity contribution >= 4 is 17.6 Å². The lowest BCUT2D eigenvalue weighted by atomic mass is 9.63. The van der Waals surface area contributed by atoms with Gasteiger partial charge in [0.25, 0.3) is 0 Å². The molecule has 4 atom stereocenters. The third kappa shape index (κ3) is 1.75. The van der Waals surface area contributed by atoms with E-state index in [-0.39, 0.29) is 35.4 Å². The number of para-hydroxylation sites is 1. The van der Waals surface area contributed by atoms with Crippen molar-refractivity contribution in [1.82, 2.24) is 4.90 Å². The first-order chi connectivity index (χ1) is 12.6. The predicted octanol–water partition coefficient (Wildman–Crippen LogP) is 1.82. The highest BCUT2D eigenvalue weighted by Gasteiger charge is 2.65. The summed E-state index contributed by atoms with van der Waals surface area (Å²) in [7, 11) is 2.88. The Morgan fingerprint density at radius 3 is 2.81 bits per heavy atom. The fourth-order valence-electron chi connectivity index (χ4n) is 5.96. The van der Waals surface area contributed by atoms with Crippen molar-refractivity contribution in [3.8, 4) is 0 Å². The van der Waals surface area contributed by atoms with Gasteiger partial charge in [0, 0.05) is 24.0 Å². The van der Waals surface area contributed by atoms with Crippen LogP contribution in [0, 0.1) is 5.92 Å². The smallest absolute Gasteiger partial charge is 0.335 e. The molecule has 5 rings (SSSR count). The summed E-state index contributed by atoms with van der Waals surface area (Å²) in [6.45, 7) is 0.828. The lowest BCUT2D eigenvalue weighted by molar-refractivity contribution is -0.146. The van der Waals surface area contributed by atoms with E-state index in [4.69, 9.17) is 9.47 Å². The van der Waals surface area contributed by atoms with E-state index in [9.17, 15) is 9.59 Å². The van der Waals surface area contributed by atoms with Gasteiger partial charge in [0.15, 0.2) is 0 Å². The summed E-state index contributed by atoms with van der Waals surface area (Å²) in [6.07, 6.45) is 2.26. The number of nitrogens with zero attached hydrogens (tertiary/aromatic N) is 1. The Morgan fingerprint density at radius 2 is 2.04 bits per heavy atom. The zero-order valence-corrected chi connectivity index (χ0v) is 15.0. The molecule has 6 nitrogen and oxygen atoms in total. The summed E-state index contributed by atoms with van der Waals surface area (Å²) in [5.41, 5.74) is 3.76. The van der Waals surface area contributed by atoms with E-state index >= 15 is 0 Å². The SMILES string of the molecule is COC(=O)C1=C2Nc3ccccc3[C@]23CCN2[C@@H](C(=O)OC)C[C@H](C1)[C@@H]23. The van der Waals surface area contributed by atoms with Crippen LogP contribution in [0.5, 0.6) is 0 Å². The second kappa shape index (κ2) is 5.33. The highest BCUT2D eigenvalue weighted by Crippen LogP contribution is 2.62. The topological polar surface area (TPSA) is 67.9 Å². The number of hydrogen-bond acceptors (Lipinski definition) is 6. The molecule has 1 aliphatic carbocycles. The number of benzene rings is 1. The van der Waals surface area contributed by atoms with E-state index < -0.39 is 0 Å². The number of nitrogens with one attached hydrogen (secondary N) is 1. The van der Waals surface area contributed by atoms with Crippen molar-refractivity contribution in [1.29, 1.82) is 0 Å². The minimum Gasteiger partial charge on any atom is -0.468 e. The van der Waals surface area contributed by atoms with Crippen LogP contribution in [0.2, 0.25) is 0 Å². The fraction of sp³-hybridized carbons (Fsp3) is 0.500. The van der Waals surface area contributed by atoms with Gasteiger partial charge >= 0.3 is 11.9 Å². The fourth-order valence-corrected chi connectivity index (χ4v) is 5.96. The molecule has 6 heteroatoms. The molecule has 136 valence electrons. The number of rotatable bonds is 2. The van der Waals surface area contributed by atoms with Gasteiger partial charge in [-0.1, -0.05) is 18.2 Å². The number of ether oxygens (including phenoxy) is 2. The Hall–Kier alpha value is -2.34. The molecule has 4 aliphatic rings. The lowest BCUT2D eigenvalue weighted by Gasteiger charge is -2.41. The van der Waals surface area contributed by atoms with Crippen LogP contribution >= 0.6 is 0 Å². The van der Waals surface area contributed by atoms with Gasteiger partial charge in [0.05, 0.1) is 25.2 Å². The molecule has 1 spiro atoms. The van der Waals surface area contributed by atoms with Crippen LogP contribution in [0.4, 0.5) is 5.69 Å². The highest BCUT2D eigenvalue weighted by atomic mass is 16.5. The highest BCUT2D eigenvalue weighted by molar-refractivity contribution is 5.93. The zero-order chi connectivity index (χ0) is 18.1. The molecular formula is C20H22N2O4. The summed E-state index contributed by atoms with van der Waals surface area (Å²) in [5.74, 6) is -0.192. The first kappa shape index (κ1) is 15.9. The molecule has 0 saturated carbocycles. The van der Waals surface area contributed by atoms with Crippen LogP contribution < -0.4 is 5.32 Å². The molecule has 1 aromatic carbocycles. The summed E-state index contributed by atoms with van der Waals surface area (Å²) >= 11 is 0. The third-order valence-electron chi connectivity index (χ3n) is 6.79. The minimum absolute atomic E-state index is 0.170. The second-order valence-corrected chi connectivity index (χ2v) is 7.66. The van der Waals surface area contributed by atoms with Crippen molar-refractivity contribution in [2.24, 2.45) is 5.92 Å². The summed E-state index contributed by atoms with van der Waals surface area (Å²) in [5, 5.41) is 3.53. The van der Waals surface area contributed by atoms with Crippen LogP contribution in [0.15, 0.2) is 35.5 Å². The number of methoxy groups -OCH3 is 2. The van der Waals surface area contributed by atoms with Gasteiger partial charge in [-0.3, -0.25) is 9.69 Å². The molecule has 1 aromatic rings. The molecule has 2 fully saturated rings. The first-order valence-corrected chi connectivity index (χ1v) is 9.14. The van der Waals surface area contributed by atoms with E-state index in [0.29, 0.717) is 6.42 Å². The van der Waals surface area contributed by atoms with Gasteiger partial charge in [0.2, 0.25) is 0 Å². The molecule has 0 bridgehead atoms. The Kier molecular flexibility index (Phi) is 3.26. The Balaban J connectivity index is 1.70. The number of hydrogen-bond donors (Lipinski definition) is 1. The van der Waals surface area contributed by atoms with Gasteiger partial charge in [-0.2, -0.15) is 0 Å². The molecule has 0 unspecified atom stereocenters. The molecule has 1 N–H and O–H groups in total. The average Bonchev–Trinajstić information content (AvgIpc) is 3.34. The number of carbonyl (C=O) groups excluding carboxylic acids is 2. The molecule has 3 aliphatic heterocycles. The zero-order valence-electron chi connectivity index (χ0n) is 15.0. The standard InChI is InChI=1S/C20H22N2O4/c1-25-18(23)12-9-11-10-15(19(24)26-2)22-8-7-20(17(11)22)13-5-3-4-6-14(13)21-16(12)20/h3-6,11,15,17,21H,7-10H2,1-2H3/t11-,15+,17+,20+/m0/s1. The largest absolute Gasteiger partial charge is 0.468 e. The quantitative estimate of drug-likeness (QED) is 0.817. The molecule has 2 saturated heterocycles. The Morgan fingerprint density at radius 1 is 1.23 bits per heavy atom. The van der Waals surface area contributed by atoms with Crippen molar-refractivity contribution < 1.29 is 19.1 Å². The van der Waals surface area contributed by atoms with Crippen molar-refractivity contribution in [3.05, 3.63) is 41.1 Å². The number of carbonyl (C=O) groups is 2. The molecule has 0 aromatic heterocycles. The van der Waals surface area contributed by atoms with Gasteiger partial charge in [-0.25, -0.2) is 4.79 Å². The van der Waals surface area contributed by atoms with Gasteiger partial charge in [-0.05, 0) is 36.8 Å². The van der Waals surface area contributed by atoms with E-state index in [0.717, 1.165) is 36.3 Å². The van der Waals surface area contributed by atoms with E-state index in [1.54, 1.807) is 0 Å². The molecule has 26 heavy (non-hydrogen) atoms. The van der Waals surface area contributed by atoms with Crippen molar-refractivity contribution in [2.45, 2.75) is 36.8 Å². The minimum atomic E-state index is -0.266. The Bertz CT molecular complexity index is 848. The van der Waals surface area contributed by atoms with Crippen molar-refractivity contribution in [3.63, 3.8) is 0 Å². The van der Waals surface area contributed by atoms with Gasteiger partial charge in [0.1, 0.15) is 6.04 Å². The Labute approximate surface area is 152 Å². The second-order valence-electron chi connectivity index (χ2n) is 7.66. The first-order valence-electron chi connectivity index (χ1n) is 9.14. The number of esters is 2. The molecular weight excluding hydrogens is 332 g/mol. The third-order valence-corrected chi connectivity index (χ3v) is 6.79. The summed E-state index contributed by atoms with van der Waals surface area (Å²) in [4.78, 5) is 27.2. The lowest BCUT2D eigenvalue weighted by Crippen LogP contribution is -2.48. The monoisotopic (exact) mass is 354 g/mol. The van der Waals surface area contributed by atoms with E-state index in [1.165, 1.54) is 19.8 Å². The molecule has 0 amide bonds. The summed E-state index contributed by atoms with van der Waals surface area (Å²) < 4.78 is 10.2. The molecule has 3 heterocycles. The van der Waals surface area contributed by atoms with Gasteiger partial charge in [-0.15, -0.1) is 0 Å². The van der Waals surface area contributed by atoms with Crippen LogP contribution in [0.25, 0.3) is 0 Å². The van der Waals surface area contributed by atoms with Crippen LogP contribution in [-0.4, -0.2) is 49.7 Å². The molecule has 0 radical (unpaired) electrons. The van der Waals surface area contributed by atoms with E-state index in [2.05, 4.69) is 28.4 Å². The number of fused-ring (bicyclic) bond motifs is 1. The maximum Gasteiger partial charge on any atom is 0.335 e. The maximum atomic E-state index is 12.6. The van der Waals surface area contributed by atoms with Crippen LogP contribution in [0.1, 0.15) is 24.8 Å². The van der Waals surface area contributed by atoms with Gasteiger partial charge < -0.3 is 14.8 Å². The average molecular weight is 354 g/mol.